The van der Waals surface area contributed by atoms with Crippen LogP contribution in [-0.4, -0.2) is 90.5 Å². The standard InChI is InChI=1S/C20H27N3O3S.C15H19N3OS.C2HF3O2/c1-13-6-5-7-15-17(13)21-16(22-18(15)24)12-27-14-8-10-23(11-9-14)19(25)26-20(2,3)4;1-10-3-2-4-12-14(10)17-13(18-15(12)19)9-20-11-5-7-16-8-6-11;3-2(4,5)1(6)7/h5-7,14H,8-12H2,1-4H3,(H,21,22,24);2-4,11,16H,5-9H2,1H3,(H,17,18,19);(H,6,7). The number of hydrogen-bond donors (Lipinski definition) is 4. The van der Waals surface area contributed by atoms with Crippen LogP contribution in [0, 0.1) is 13.8 Å². The van der Waals surface area contributed by atoms with Crippen LogP contribution in [0.3, 0.4) is 0 Å². The molecule has 0 aliphatic carbocycles. The van der Waals surface area contributed by atoms with E-state index in [4.69, 9.17) is 14.6 Å². The van der Waals surface area contributed by atoms with Crippen molar-refractivity contribution in [1.29, 1.82) is 0 Å². The van der Waals surface area contributed by atoms with E-state index in [9.17, 15) is 27.6 Å². The lowest BCUT2D eigenvalue weighted by atomic mass is 10.1. The molecule has 6 rings (SSSR count). The van der Waals surface area contributed by atoms with Gasteiger partial charge in [0, 0.05) is 23.6 Å². The fourth-order valence-corrected chi connectivity index (χ4v) is 7.90. The Balaban J connectivity index is 0.000000211. The first-order valence-corrected chi connectivity index (χ1v) is 19.7. The Morgan fingerprint density at radius 2 is 1.24 bits per heavy atom. The minimum Gasteiger partial charge on any atom is -0.475 e. The van der Waals surface area contributed by atoms with Gasteiger partial charge in [0.15, 0.2) is 0 Å². The number of piperidine rings is 2. The molecule has 294 valence electrons. The number of nitrogens with one attached hydrogen (secondary N) is 3. The molecular weight excluding hydrogens is 746 g/mol. The molecule has 0 saturated carbocycles. The molecule has 4 aromatic rings. The number of para-hydroxylation sites is 2. The number of aryl methyl sites for hydroxylation is 2. The van der Waals surface area contributed by atoms with Crippen LogP contribution in [0.25, 0.3) is 21.8 Å². The van der Waals surface area contributed by atoms with Crippen molar-refractivity contribution in [1.82, 2.24) is 30.2 Å². The van der Waals surface area contributed by atoms with Crippen molar-refractivity contribution >= 4 is 57.4 Å². The molecule has 54 heavy (non-hydrogen) atoms. The third kappa shape index (κ3) is 12.8. The lowest BCUT2D eigenvalue weighted by Gasteiger charge is -2.33. The maximum absolute atomic E-state index is 12.3. The molecule has 2 aromatic heterocycles. The number of aromatic amines is 2. The number of thioether (sulfide) groups is 2. The van der Waals surface area contributed by atoms with Crippen LogP contribution in [0.1, 0.15) is 69.2 Å². The maximum atomic E-state index is 12.3. The molecule has 0 atom stereocenters. The number of rotatable bonds is 6. The highest BCUT2D eigenvalue weighted by Crippen LogP contribution is 2.27. The smallest absolute Gasteiger partial charge is 0.475 e. The van der Waals surface area contributed by atoms with Gasteiger partial charge < -0.3 is 30.0 Å². The van der Waals surface area contributed by atoms with Gasteiger partial charge in [0.25, 0.3) is 11.1 Å². The number of carbonyl (C=O) groups is 2. The number of ether oxygens (including phenoxy) is 1. The zero-order chi connectivity index (χ0) is 39.6. The van der Waals surface area contributed by atoms with Crippen molar-refractivity contribution in [2.75, 3.05) is 26.2 Å². The second kappa shape index (κ2) is 19.0. The van der Waals surface area contributed by atoms with E-state index in [-0.39, 0.29) is 17.2 Å². The quantitative estimate of drug-likeness (QED) is 0.164. The molecule has 2 fully saturated rings. The number of halogens is 3. The second-order valence-electron chi connectivity index (χ2n) is 14.0. The molecule has 17 heteroatoms. The van der Waals surface area contributed by atoms with Gasteiger partial charge in [-0.3, -0.25) is 9.59 Å². The number of carbonyl (C=O) groups excluding carboxylic acids is 1. The van der Waals surface area contributed by atoms with Gasteiger partial charge in [0.1, 0.15) is 17.2 Å². The zero-order valence-electron chi connectivity index (χ0n) is 31.0. The lowest BCUT2D eigenvalue weighted by Crippen LogP contribution is -2.42. The van der Waals surface area contributed by atoms with Crippen molar-refractivity contribution in [3.63, 3.8) is 0 Å². The molecule has 0 spiro atoms. The summed E-state index contributed by atoms with van der Waals surface area (Å²) in [4.78, 5) is 62.3. The minimum absolute atomic E-state index is 0.0281. The van der Waals surface area contributed by atoms with Crippen LogP contribution in [0.4, 0.5) is 18.0 Å². The summed E-state index contributed by atoms with van der Waals surface area (Å²) in [7, 11) is 0. The Kier molecular flexibility index (Phi) is 15.0. The molecule has 4 heterocycles. The van der Waals surface area contributed by atoms with Gasteiger partial charge in [-0.05, 0) is 96.7 Å². The molecule has 0 radical (unpaired) electrons. The van der Waals surface area contributed by atoms with E-state index in [2.05, 4.69) is 25.3 Å². The Hall–Kier alpha value is -4.09. The van der Waals surface area contributed by atoms with Gasteiger partial charge >= 0.3 is 18.2 Å². The zero-order valence-corrected chi connectivity index (χ0v) is 32.6. The van der Waals surface area contributed by atoms with Gasteiger partial charge in [-0.1, -0.05) is 24.3 Å². The molecule has 0 unspecified atom stereocenters. The van der Waals surface area contributed by atoms with Crippen LogP contribution in [-0.2, 0) is 21.0 Å². The molecular formula is C37H47F3N6O6S2. The van der Waals surface area contributed by atoms with Crippen LogP contribution < -0.4 is 16.4 Å². The number of hydrogen-bond acceptors (Lipinski definition) is 10. The number of carboxylic acids is 1. The number of alkyl halides is 3. The summed E-state index contributed by atoms with van der Waals surface area (Å²) < 4.78 is 37.2. The molecule has 2 saturated heterocycles. The van der Waals surface area contributed by atoms with E-state index in [1.807, 2.05) is 76.7 Å². The first-order valence-electron chi connectivity index (χ1n) is 17.6. The predicted molar refractivity (Wildman–Crippen MR) is 207 cm³/mol. The number of H-pyrrole nitrogens is 2. The van der Waals surface area contributed by atoms with Gasteiger partial charge in [0.2, 0.25) is 0 Å². The van der Waals surface area contributed by atoms with Gasteiger partial charge in [0.05, 0.1) is 33.3 Å². The summed E-state index contributed by atoms with van der Waals surface area (Å²) in [5.41, 5.74) is 3.10. The summed E-state index contributed by atoms with van der Waals surface area (Å²) in [5, 5.41) is 12.9. The number of aliphatic carboxylic acids is 1. The average Bonchev–Trinajstić information content (AvgIpc) is 3.11. The Labute approximate surface area is 319 Å². The van der Waals surface area contributed by atoms with E-state index < -0.39 is 17.7 Å². The number of carboxylic acid groups (broad SMARTS) is 1. The lowest BCUT2D eigenvalue weighted by molar-refractivity contribution is -0.192. The van der Waals surface area contributed by atoms with Gasteiger partial charge in [-0.2, -0.15) is 36.7 Å². The number of amides is 1. The minimum atomic E-state index is -5.08. The number of likely N-dealkylation sites (tertiary alicyclic amines) is 1. The van der Waals surface area contributed by atoms with Crippen molar-refractivity contribution in [2.24, 2.45) is 0 Å². The van der Waals surface area contributed by atoms with Crippen molar-refractivity contribution in [3.8, 4) is 0 Å². The van der Waals surface area contributed by atoms with E-state index in [0.717, 1.165) is 59.7 Å². The molecule has 2 aromatic carbocycles. The predicted octanol–water partition coefficient (Wildman–Crippen LogP) is 6.71. The summed E-state index contributed by atoms with van der Waals surface area (Å²) in [6.45, 7) is 13.2. The Morgan fingerprint density at radius 1 is 0.815 bits per heavy atom. The van der Waals surface area contributed by atoms with E-state index >= 15 is 0 Å². The Morgan fingerprint density at radius 3 is 1.65 bits per heavy atom. The third-order valence-corrected chi connectivity index (χ3v) is 11.3. The summed E-state index contributed by atoms with van der Waals surface area (Å²) in [6.07, 6.45) is -1.09. The second-order valence-corrected chi connectivity index (χ2v) is 16.6. The molecule has 12 nitrogen and oxygen atoms in total. The molecule has 1 amide bonds. The molecule has 2 aliphatic heterocycles. The Bertz CT molecular complexity index is 2020. The topological polar surface area (TPSA) is 170 Å². The van der Waals surface area contributed by atoms with Gasteiger partial charge in [-0.25, -0.2) is 19.6 Å². The van der Waals surface area contributed by atoms with E-state index in [0.29, 0.717) is 45.9 Å². The van der Waals surface area contributed by atoms with Crippen molar-refractivity contribution in [2.45, 2.75) is 94.1 Å². The number of aromatic nitrogens is 4. The van der Waals surface area contributed by atoms with Crippen LogP contribution in [0.15, 0.2) is 46.0 Å². The largest absolute Gasteiger partial charge is 0.490 e. The number of benzene rings is 2. The summed E-state index contributed by atoms with van der Waals surface area (Å²) in [6, 6.07) is 11.4. The van der Waals surface area contributed by atoms with Crippen LogP contribution in [0.2, 0.25) is 0 Å². The van der Waals surface area contributed by atoms with Gasteiger partial charge in [-0.15, -0.1) is 0 Å². The van der Waals surface area contributed by atoms with Crippen LogP contribution in [0.5, 0.6) is 0 Å². The normalized spacial score (nSPS) is 15.6. The first kappa shape index (κ1) is 42.6. The maximum Gasteiger partial charge on any atom is 0.490 e. The highest BCUT2D eigenvalue weighted by Gasteiger charge is 2.38. The number of nitrogens with zero attached hydrogens (tertiary/aromatic N) is 3. The molecule has 0 bridgehead atoms. The SMILES string of the molecule is Cc1cccc2c(=O)[nH]c(CSC3CCN(C(=O)OC(C)(C)C)CC3)nc12.Cc1cccc2c(=O)[nH]c(CSC3CCNCC3)nc12.O=C(O)C(F)(F)F. The summed E-state index contributed by atoms with van der Waals surface area (Å²) in [5.74, 6) is 0.190. The van der Waals surface area contributed by atoms with Crippen molar-refractivity contribution in [3.05, 3.63) is 79.9 Å². The highest BCUT2D eigenvalue weighted by atomic mass is 32.2. The average molecular weight is 793 g/mol. The van der Waals surface area contributed by atoms with Crippen molar-refractivity contribution < 1.29 is 32.6 Å². The first-order chi connectivity index (χ1) is 25.4. The molecule has 4 N–H and O–H groups in total. The molecule has 2 aliphatic rings. The summed E-state index contributed by atoms with van der Waals surface area (Å²) >= 11 is 3.69. The van der Waals surface area contributed by atoms with E-state index in [1.165, 1.54) is 12.8 Å². The highest BCUT2D eigenvalue weighted by molar-refractivity contribution is 7.99. The van der Waals surface area contributed by atoms with Crippen LogP contribution >= 0.6 is 23.5 Å². The fourth-order valence-electron chi connectivity index (χ4n) is 5.73. The fraction of sp³-hybridized carbons (Fsp3) is 0.514. The van der Waals surface area contributed by atoms with E-state index in [1.54, 1.807) is 22.7 Å². The monoisotopic (exact) mass is 792 g/mol. The number of fused-ring (bicyclic) bond motifs is 2. The third-order valence-electron chi connectivity index (χ3n) is 8.51.